The van der Waals surface area contributed by atoms with Crippen LogP contribution in [0.25, 0.3) is 22.3 Å². The molecule has 3 heterocycles. The highest BCUT2D eigenvalue weighted by Gasteiger charge is 2.20. The lowest BCUT2D eigenvalue weighted by molar-refractivity contribution is 0.121. The highest BCUT2D eigenvalue weighted by Crippen LogP contribution is 2.27. The molecule has 1 fully saturated rings. The van der Waals surface area contributed by atoms with Gasteiger partial charge in [-0.15, -0.1) is 5.10 Å². The third kappa shape index (κ3) is 2.53. The fourth-order valence-corrected chi connectivity index (χ4v) is 2.86. The lowest BCUT2D eigenvalue weighted by Gasteiger charge is -2.26. The number of aryl methyl sites for hydroxylation is 1. The van der Waals surface area contributed by atoms with Crippen molar-refractivity contribution in [2.75, 3.05) is 31.2 Å². The summed E-state index contributed by atoms with van der Waals surface area (Å²) < 4.78 is 21.0. The van der Waals surface area contributed by atoms with Gasteiger partial charge in [0.2, 0.25) is 5.95 Å². The second-order valence-corrected chi connectivity index (χ2v) is 5.49. The molecule has 3 aromatic rings. The Morgan fingerprint density at radius 2 is 2.04 bits per heavy atom. The zero-order valence-electron chi connectivity index (χ0n) is 12.7. The minimum absolute atomic E-state index is 0.319. The van der Waals surface area contributed by atoms with Crippen LogP contribution in [0, 0.1) is 5.82 Å². The SMILES string of the molecule is Cn1nc(-c2cc(F)cc3cccnc23)nc1N1CCOCC1. The number of pyridine rings is 1. The van der Waals surface area contributed by atoms with Crippen molar-refractivity contribution < 1.29 is 9.13 Å². The van der Waals surface area contributed by atoms with Crippen LogP contribution in [-0.4, -0.2) is 46.1 Å². The van der Waals surface area contributed by atoms with Gasteiger partial charge in [0.05, 0.1) is 24.3 Å². The number of hydrogen-bond acceptors (Lipinski definition) is 5. The van der Waals surface area contributed by atoms with Crippen molar-refractivity contribution in [1.82, 2.24) is 19.7 Å². The molecule has 0 N–H and O–H groups in total. The molecule has 1 aliphatic heterocycles. The zero-order valence-corrected chi connectivity index (χ0v) is 12.7. The number of nitrogens with zero attached hydrogens (tertiary/aromatic N) is 5. The number of aromatic nitrogens is 4. The third-order valence-electron chi connectivity index (χ3n) is 3.94. The number of morpholine rings is 1. The summed E-state index contributed by atoms with van der Waals surface area (Å²) in [5.41, 5.74) is 1.31. The molecule has 0 amide bonds. The first kappa shape index (κ1) is 14.1. The third-order valence-corrected chi connectivity index (χ3v) is 3.94. The van der Waals surface area contributed by atoms with Crippen molar-refractivity contribution in [2.45, 2.75) is 0 Å². The molecule has 0 unspecified atom stereocenters. The molecule has 0 bridgehead atoms. The summed E-state index contributed by atoms with van der Waals surface area (Å²) in [5, 5.41) is 5.20. The number of anilines is 1. The Morgan fingerprint density at radius 1 is 1.22 bits per heavy atom. The van der Waals surface area contributed by atoms with Gasteiger partial charge in [-0.3, -0.25) is 4.98 Å². The van der Waals surface area contributed by atoms with Gasteiger partial charge in [-0.1, -0.05) is 6.07 Å². The van der Waals surface area contributed by atoms with Crippen LogP contribution in [0.5, 0.6) is 0 Å². The van der Waals surface area contributed by atoms with Gasteiger partial charge in [-0.25, -0.2) is 9.07 Å². The van der Waals surface area contributed by atoms with Crippen LogP contribution in [0.4, 0.5) is 10.3 Å². The smallest absolute Gasteiger partial charge is 0.224 e. The number of fused-ring (bicyclic) bond motifs is 1. The summed E-state index contributed by atoms with van der Waals surface area (Å²) in [7, 11) is 1.84. The summed E-state index contributed by atoms with van der Waals surface area (Å²) in [6, 6.07) is 6.53. The number of benzene rings is 1. The van der Waals surface area contributed by atoms with Crippen molar-refractivity contribution >= 4 is 16.9 Å². The van der Waals surface area contributed by atoms with Gasteiger partial charge >= 0.3 is 0 Å². The van der Waals surface area contributed by atoms with Gasteiger partial charge in [-0.05, 0) is 18.2 Å². The summed E-state index contributed by atoms with van der Waals surface area (Å²) in [6.45, 7) is 2.89. The number of halogens is 1. The van der Waals surface area contributed by atoms with E-state index < -0.39 is 0 Å². The Balaban J connectivity index is 1.82. The van der Waals surface area contributed by atoms with E-state index in [1.165, 1.54) is 12.1 Å². The van der Waals surface area contributed by atoms with Crippen molar-refractivity contribution in [3.63, 3.8) is 0 Å². The minimum Gasteiger partial charge on any atom is -0.378 e. The Bertz CT molecular complexity index is 857. The van der Waals surface area contributed by atoms with E-state index in [9.17, 15) is 4.39 Å². The van der Waals surface area contributed by atoms with Gasteiger partial charge < -0.3 is 9.64 Å². The Hall–Kier alpha value is -2.54. The molecule has 1 saturated heterocycles. The molecule has 0 saturated carbocycles. The molecule has 1 aliphatic rings. The standard InChI is InChI=1S/C16H16FN5O/c1-21-16(22-5-7-23-8-6-22)19-15(20-21)13-10-12(17)9-11-3-2-4-18-14(11)13/h2-4,9-10H,5-8H2,1H3. The maximum absolute atomic E-state index is 13.9. The van der Waals surface area contributed by atoms with Crippen LogP contribution >= 0.6 is 0 Å². The Labute approximate surface area is 132 Å². The molecule has 7 heteroatoms. The van der Waals surface area contributed by atoms with Crippen LogP contribution in [-0.2, 0) is 11.8 Å². The molecule has 23 heavy (non-hydrogen) atoms. The largest absolute Gasteiger partial charge is 0.378 e. The Kier molecular flexibility index (Phi) is 3.42. The van der Waals surface area contributed by atoms with Gasteiger partial charge in [0.15, 0.2) is 5.82 Å². The van der Waals surface area contributed by atoms with E-state index in [-0.39, 0.29) is 5.82 Å². The van der Waals surface area contributed by atoms with Crippen molar-refractivity contribution in [1.29, 1.82) is 0 Å². The molecule has 0 atom stereocenters. The van der Waals surface area contributed by atoms with Crippen LogP contribution in [0.3, 0.4) is 0 Å². The molecule has 1 aromatic carbocycles. The predicted octanol–water partition coefficient (Wildman–Crippen LogP) is 2.01. The van der Waals surface area contributed by atoms with Gasteiger partial charge in [0.25, 0.3) is 0 Å². The van der Waals surface area contributed by atoms with Crippen LogP contribution in [0.1, 0.15) is 0 Å². The summed E-state index contributed by atoms with van der Waals surface area (Å²) in [4.78, 5) is 11.1. The predicted molar refractivity (Wildman–Crippen MR) is 84.7 cm³/mol. The normalized spacial score (nSPS) is 15.3. The maximum Gasteiger partial charge on any atom is 0.224 e. The monoisotopic (exact) mass is 313 g/mol. The molecule has 0 spiro atoms. The first-order valence-electron chi connectivity index (χ1n) is 7.51. The summed E-state index contributed by atoms with van der Waals surface area (Å²) >= 11 is 0. The van der Waals surface area contributed by atoms with Crippen LogP contribution in [0.15, 0.2) is 30.5 Å². The fraction of sp³-hybridized carbons (Fsp3) is 0.312. The molecular formula is C16H16FN5O. The van der Waals surface area contributed by atoms with Gasteiger partial charge in [0, 0.05) is 31.7 Å². The van der Waals surface area contributed by atoms with Crippen LogP contribution in [0.2, 0.25) is 0 Å². The summed E-state index contributed by atoms with van der Waals surface area (Å²) in [6.07, 6.45) is 1.69. The van der Waals surface area contributed by atoms with E-state index in [0.717, 1.165) is 24.4 Å². The van der Waals surface area contributed by atoms with Gasteiger partial charge in [0.1, 0.15) is 5.82 Å². The fourth-order valence-electron chi connectivity index (χ4n) is 2.86. The van der Waals surface area contributed by atoms with Gasteiger partial charge in [-0.2, -0.15) is 4.98 Å². The quantitative estimate of drug-likeness (QED) is 0.724. The number of rotatable bonds is 2. The second-order valence-electron chi connectivity index (χ2n) is 5.49. The highest BCUT2D eigenvalue weighted by molar-refractivity contribution is 5.91. The van der Waals surface area contributed by atoms with Crippen molar-refractivity contribution in [3.8, 4) is 11.4 Å². The van der Waals surface area contributed by atoms with E-state index in [1.54, 1.807) is 16.9 Å². The summed E-state index contributed by atoms with van der Waals surface area (Å²) in [5.74, 6) is 0.926. The Morgan fingerprint density at radius 3 is 2.87 bits per heavy atom. The average molecular weight is 313 g/mol. The lowest BCUT2D eigenvalue weighted by atomic mass is 10.1. The van der Waals surface area contributed by atoms with E-state index in [2.05, 4.69) is 20.0 Å². The van der Waals surface area contributed by atoms with Crippen LogP contribution < -0.4 is 4.90 Å². The van der Waals surface area contributed by atoms with Crippen molar-refractivity contribution in [2.24, 2.45) is 7.05 Å². The number of hydrogen-bond donors (Lipinski definition) is 0. The highest BCUT2D eigenvalue weighted by atomic mass is 19.1. The second kappa shape index (κ2) is 5.58. The maximum atomic E-state index is 13.9. The van der Waals surface area contributed by atoms with E-state index in [1.807, 2.05) is 13.1 Å². The minimum atomic E-state index is -0.319. The number of ether oxygens (including phenoxy) is 1. The molecule has 6 nitrogen and oxygen atoms in total. The van der Waals surface area contributed by atoms with E-state index in [4.69, 9.17) is 4.74 Å². The average Bonchev–Trinajstić information content (AvgIpc) is 2.96. The zero-order chi connectivity index (χ0) is 15.8. The first-order chi connectivity index (χ1) is 11.2. The van der Waals surface area contributed by atoms with Crippen molar-refractivity contribution in [3.05, 3.63) is 36.3 Å². The van der Waals surface area contributed by atoms with E-state index >= 15 is 0 Å². The lowest BCUT2D eigenvalue weighted by Crippen LogP contribution is -2.37. The molecular weight excluding hydrogens is 297 g/mol. The first-order valence-corrected chi connectivity index (χ1v) is 7.51. The van der Waals surface area contributed by atoms with E-state index in [0.29, 0.717) is 30.1 Å². The molecule has 0 aliphatic carbocycles. The molecule has 0 radical (unpaired) electrons. The molecule has 2 aromatic heterocycles. The molecule has 118 valence electrons. The topological polar surface area (TPSA) is 56.1 Å². The molecule has 4 rings (SSSR count).